The van der Waals surface area contributed by atoms with Gasteiger partial charge in [-0.3, -0.25) is 14.8 Å². The molecule has 6 N–H and O–H groups in total. The SMILES string of the molecule is NC(=O)c1cc(F)c(NC[C@@H](N)c2cccnc2)nc1Nc1ccc2ncccc2c1. The number of anilines is 3. The first kappa shape index (κ1) is 20.2. The fraction of sp³-hybridized carbons (Fsp3) is 0.0909. The van der Waals surface area contributed by atoms with Gasteiger partial charge in [0.1, 0.15) is 5.82 Å². The number of rotatable bonds is 7. The molecule has 4 rings (SSSR count). The van der Waals surface area contributed by atoms with Gasteiger partial charge in [-0.15, -0.1) is 0 Å². The summed E-state index contributed by atoms with van der Waals surface area (Å²) in [6.07, 6.45) is 5.00. The maximum Gasteiger partial charge on any atom is 0.252 e. The third-order valence-electron chi connectivity index (χ3n) is 4.71. The Hall–Kier alpha value is -4.11. The molecule has 31 heavy (non-hydrogen) atoms. The van der Waals surface area contributed by atoms with Crippen LogP contribution in [0.15, 0.2) is 67.1 Å². The van der Waals surface area contributed by atoms with Crippen LogP contribution >= 0.6 is 0 Å². The molecule has 4 aromatic rings. The van der Waals surface area contributed by atoms with E-state index in [9.17, 15) is 9.18 Å². The van der Waals surface area contributed by atoms with Crippen molar-refractivity contribution in [2.24, 2.45) is 11.5 Å². The van der Waals surface area contributed by atoms with E-state index in [1.807, 2.05) is 30.3 Å². The highest BCUT2D eigenvalue weighted by molar-refractivity contribution is 5.99. The second-order valence-electron chi connectivity index (χ2n) is 6.89. The lowest BCUT2D eigenvalue weighted by Gasteiger charge is -2.16. The Kier molecular flexibility index (Phi) is 5.67. The quantitative estimate of drug-likeness (QED) is 0.363. The van der Waals surface area contributed by atoms with Gasteiger partial charge in [-0.05, 0) is 42.0 Å². The van der Waals surface area contributed by atoms with Crippen molar-refractivity contribution in [3.63, 3.8) is 0 Å². The largest absolute Gasteiger partial charge is 0.366 e. The molecule has 0 bridgehead atoms. The first-order valence-corrected chi connectivity index (χ1v) is 9.53. The van der Waals surface area contributed by atoms with Gasteiger partial charge in [0.15, 0.2) is 11.6 Å². The summed E-state index contributed by atoms with van der Waals surface area (Å²) in [5.74, 6) is -1.42. The molecular formula is C22H20FN7O. The number of pyridine rings is 3. The summed E-state index contributed by atoms with van der Waals surface area (Å²) >= 11 is 0. The third-order valence-corrected chi connectivity index (χ3v) is 4.71. The number of nitrogens with two attached hydrogens (primary N) is 2. The van der Waals surface area contributed by atoms with Crippen molar-refractivity contribution in [3.8, 4) is 0 Å². The standard InChI is InChI=1S/C22H20FN7O/c23-17-10-16(20(25)31)21(29-15-5-6-19-13(9-15)3-2-8-27-19)30-22(17)28-12-18(24)14-4-1-7-26-11-14/h1-11,18H,12,24H2,(H2,25,31)(H2,28,29,30)/t18-/m1/s1. The number of nitrogens with one attached hydrogen (secondary N) is 2. The van der Waals surface area contributed by atoms with Gasteiger partial charge in [-0.2, -0.15) is 0 Å². The van der Waals surface area contributed by atoms with Crippen molar-refractivity contribution >= 4 is 34.1 Å². The van der Waals surface area contributed by atoms with E-state index in [0.29, 0.717) is 5.69 Å². The van der Waals surface area contributed by atoms with E-state index in [4.69, 9.17) is 11.5 Å². The predicted octanol–water partition coefficient (Wildman–Crippen LogP) is 3.12. The number of amides is 1. The van der Waals surface area contributed by atoms with Crippen LogP contribution in [-0.2, 0) is 0 Å². The molecule has 3 aromatic heterocycles. The van der Waals surface area contributed by atoms with Crippen LogP contribution in [0, 0.1) is 5.82 Å². The van der Waals surface area contributed by atoms with Gasteiger partial charge >= 0.3 is 0 Å². The summed E-state index contributed by atoms with van der Waals surface area (Å²) in [5, 5.41) is 6.84. The number of hydrogen-bond acceptors (Lipinski definition) is 7. The van der Waals surface area contributed by atoms with Crippen molar-refractivity contribution in [3.05, 3.63) is 84.1 Å². The van der Waals surface area contributed by atoms with Gasteiger partial charge in [0.25, 0.3) is 5.91 Å². The molecule has 0 saturated carbocycles. The molecule has 9 heteroatoms. The Labute approximate surface area is 177 Å². The van der Waals surface area contributed by atoms with Gasteiger partial charge < -0.3 is 22.1 Å². The van der Waals surface area contributed by atoms with Gasteiger partial charge in [-0.25, -0.2) is 9.37 Å². The Morgan fingerprint density at radius 3 is 2.71 bits per heavy atom. The zero-order valence-corrected chi connectivity index (χ0v) is 16.4. The third kappa shape index (κ3) is 4.57. The summed E-state index contributed by atoms with van der Waals surface area (Å²) in [5.41, 5.74) is 13.8. The highest BCUT2D eigenvalue weighted by Crippen LogP contribution is 2.26. The lowest BCUT2D eigenvalue weighted by atomic mass is 10.1. The molecule has 1 aromatic carbocycles. The summed E-state index contributed by atoms with van der Waals surface area (Å²) in [4.78, 5) is 24.4. The second-order valence-corrected chi connectivity index (χ2v) is 6.89. The van der Waals surface area contributed by atoms with Crippen LogP contribution in [-0.4, -0.2) is 27.4 Å². The number of fused-ring (bicyclic) bond motifs is 1. The highest BCUT2D eigenvalue weighted by Gasteiger charge is 2.17. The highest BCUT2D eigenvalue weighted by atomic mass is 19.1. The monoisotopic (exact) mass is 417 g/mol. The van der Waals surface area contributed by atoms with Gasteiger partial charge in [0.05, 0.1) is 11.1 Å². The van der Waals surface area contributed by atoms with Gasteiger partial charge in [-0.1, -0.05) is 12.1 Å². The number of aromatic nitrogens is 3. The van der Waals surface area contributed by atoms with Gasteiger partial charge in [0, 0.05) is 42.3 Å². The lowest BCUT2D eigenvalue weighted by Crippen LogP contribution is -2.22. The first-order valence-electron chi connectivity index (χ1n) is 9.53. The van der Waals surface area contributed by atoms with E-state index >= 15 is 0 Å². The number of hydrogen-bond donors (Lipinski definition) is 4. The van der Waals surface area contributed by atoms with Crippen molar-refractivity contribution in [2.45, 2.75) is 6.04 Å². The zero-order valence-electron chi connectivity index (χ0n) is 16.4. The van der Waals surface area contributed by atoms with Crippen LogP contribution in [0.1, 0.15) is 22.0 Å². The van der Waals surface area contributed by atoms with Gasteiger partial charge in [0.2, 0.25) is 0 Å². The molecule has 0 saturated heterocycles. The summed E-state index contributed by atoms with van der Waals surface area (Å²) in [6, 6.07) is 13.4. The van der Waals surface area contributed by atoms with Crippen molar-refractivity contribution in [1.29, 1.82) is 0 Å². The topological polar surface area (TPSA) is 132 Å². The maximum absolute atomic E-state index is 14.6. The number of halogens is 1. The van der Waals surface area contributed by atoms with Crippen LogP contribution in [0.5, 0.6) is 0 Å². The predicted molar refractivity (Wildman–Crippen MR) is 117 cm³/mol. The minimum absolute atomic E-state index is 0.0469. The molecule has 8 nitrogen and oxygen atoms in total. The molecule has 0 fully saturated rings. The maximum atomic E-state index is 14.6. The van der Waals surface area contributed by atoms with Crippen molar-refractivity contribution in [2.75, 3.05) is 17.2 Å². The zero-order chi connectivity index (χ0) is 21.8. The Bertz CT molecular complexity index is 1230. The normalized spacial score (nSPS) is 11.8. The number of primary amides is 1. The minimum atomic E-state index is -0.796. The fourth-order valence-electron chi connectivity index (χ4n) is 3.11. The molecule has 1 amide bonds. The van der Waals surface area contributed by atoms with Crippen LogP contribution < -0.4 is 22.1 Å². The summed E-state index contributed by atoms with van der Waals surface area (Å²) in [6.45, 7) is 0.215. The summed E-state index contributed by atoms with van der Waals surface area (Å²) in [7, 11) is 0. The molecule has 0 aliphatic heterocycles. The minimum Gasteiger partial charge on any atom is -0.366 e. The lowest BCUT2D eigenvalue weighted by molar-refractivity contribution is 0.100. The Morgan fingerprint density at radius 1 is 1.10 bits per heavy atom. The number of nitrogens with zero attached hydrogens (tertiary/aromatic N) is 3. The van der Waals surface area contributed by atoms with E-state index in [0.717, 1.165) is 22.5 Å². The molecule has 0 radical (unpaired) electrons. The van der Waals surface area contributed by atoms with Crippen LogP contribution in [0.25, 0.3) is 10.9 Å². The van der Waals surface area contributed by atoms with E-state index < -0.39 is 17.8 Å². The smallest absolute Gasteiger partial charge is 0.252 e. The van der Waals surface area contributed by atoms with E-state index in [-0.39, 0.29) is 23.7 Å². The fourth-order valence-corrected chi connectivity index (χ4v) is 3.11. The van der Waals surface area contributed by atoms with Crippen LogP contribution in [0.4, 0.5) is 21.7 Å². The number of carbonyl (C=O) groups excluding carboxylic acids is 1. The summed E-state index contributed by atoms with van der Waals surface area (Å²) < 4.78 is 14.6. The molecule has 3 heterocycles. The molecule has 1 atom stereocenters. The van der Waals surface area contributed by atoms with E-state index in [2.05, 4.69) is 25.6 Å². The molecule has 156 valence electrons. The average Bonchev–Trinajstić information content (AvgIpc) is 2.79. The van der Waals surface area contributed by atoms with Crippen LogP contribution in [0.2, 0.25) is 0 Å². The second kappa shape index (κ2) is 8.72. The molecule has 0 spiro atoms. The molecule has 0 aliphatic carbocycles. The van der Waals surface area contributed by atoms with Crippen LogP contribution in [0.3, 0.4) is 0 Å². The molecule has 0 unspecified atom stereocenters. The van der Waals surface area contributed by atoms with E-state index in [1.165, 1.54) is 0 Å². The van der Waals surface area contributed by atoms with Crippen molar-refractivity contribution in [1.82, 2.24) is 15.0 Å². The molecule has 0 aliphatic rings. The first-order chi connectivity index (χ1) is 15.0. The molecular weight excluding hydrogens is 397 g/mol. The van der Waals surface area contributed by atoms with Crippen molar-refractivity contribution < 1.29 is 9.18 Å². The van der Waals surface area contributed by atoms with E-state index in [1.54, 1.807) is 30.7 Å². The average molecular weight is 417 g/mol. The number of carbonyl (C=O) groups is 1. The Morgan fingerprint density at radius 2 is 1.94 bits per heavy atom. The Balaban J connectivity index is 1.60. The number of benzene rings is 1.